The largest absolute Gasteiger partial charge is 0.456 e. The van der Waals surface area contributed by atoms with Crippen molar-refractivity contribution in [3.63, 3.8) is 0 Å². The summed E-state index contributed by atoms with van der Waals surface area (Å²) in [7, 11) is 0. The molecule has 148 valence electrons. The molecular formula is C22H25FN2O2S. The molecule has 0 bridgehead atoms. The fourth-order valence-corrected chi connectivity index (χ4v) is 4.32. The molecule has 0 N–H and O–H groups in total. The third kappa shape index (κ3) is 5.00. The Balaban J connectivity index is 1.18. The number of hydrogen-bond acceptors (Lipinski definition) is 5. The molecule has 0 aromatic heterocycles. The van der Waals surface area contributed by atoms with Gasteiger partial charge in [-0.1, -0.05) is 18.2 Å². The number of benzene rings is 1. The van der Waals surface area contributed by atoms with Gasteiger partial charge in [-0.15, -0.1) is 11.8 Å². The van der Waals surface area contributed by atoms with Crippen LogP contribution in [-0.4, -0.2) is 48.3 Å². The van der Waals surface area contributed by atoms with Gasteiger partial charge >= 0.3 is 0 Å². The van der Waals surface area contributed by atoms with E-state index in [0.717, 1.165) is 67.9 Å². The highest BCUT2D eigenvalue weighted by Gasteiger charge is 2.22. The van der Waals surface area contributed by atoms with Crippen molar-refractivity contribution in [1.29, 1.82) is 0 Å². The lowest BCUT2D eigenvalue weighted by Crippen LogP contribution is -2.46. The Labute approximate surface area is 170 Å². The summed E-state index contributed by atoms with van der Waals surface area (Å²) < 4.78 is 24.6. The number of halogens is 1. The highest BCUT2D eigenvalue weighted by Crippen LogP contribution is 2.26. The van der Waals surface area contributed by atoms with Crippen molar-refractivity contribution in [2.24, 2.45) is 0 Å². The average molecular weight is 401 g/mol. The smallest absolute Gasteiger partial charge is 0.231 e. The summed E-state index contributed by atoms with van der Waals surface area (Å²) in [6, 6.07) is 6.71. The Morgan fingerprint density at radius 1 is 1.00 bits per heavy atom. The van der Waals surface area contributed by atoms with Gasteiger partial charge in [0.1, 0.15) is 12.1 Å². The molecule has 1 saturated heterocycles. The molecule has 0 amide bonds. The van der Waals surface area contributed by atoms with Crippen molar-refractivity contribution in [2.75, 3.05) is 38.5 Å². The van der Waals surface area contributed by atoms with Gasteiger partial charge in [0, 0.05) is 43.4 Å². The van der Waals surface area contributed by atoms with Crippen LogP contribution in [0.25, 0.3) is 0 Å². The van der Waals surface area contributed by atoms with E-state index in [1.807, 2.05) is 12.1 Å². The summed E-state index contributed by atoms with van der Waals surface area (Å²) in [4.78, 5) is 5.80. The Kier molecular flexibility index (Phi) is 6.39. The van der Waals surface area contributed by atoms with Gasteiger partial charge in [0.25, 0.3) is 0 Å². The number of piperazine rings is 1. The maximum absolute atomic E-state index is 13.0. The number of nitrogens with zero attached hydrogens (tertiary/aromatic N) is 2. The fourth-order valence-electron chi connectivity index (χ4n) is 3.41. The maximum Gasteiger partial charge on any atom is 0.231 e. The zero-order chi connectivity index (χ0) is 19.2. The Morgan fingerprint density at radius 3 is 2.50 bits per heavy atom. The van der Waals surface area contributed by atoms with Crippen molar-refractivity contribution in [1.82, 2.24) is 9.80 Å². The van der Waals surface area contributed by atoms with Crippen LogP contribution in [0.15, 0.2) is 77.1 Å². The first kappa shape index (κ1) is 19.2. The lowest BCUT2D eigenvalue weighted by Gasteiger charge is -2.36. The molecule has 1 fully saturated rings. The molecule has 0 unspecified atom stereocenters. The first-order valence-electron chi connectivity index (χ1n) is 9.73. The molecule has 1 aliphatic carbocycles. The number of allylic oxidation sites excluding steroid dienone is 4. The zero-order valence-corrected chi connectivity index (χ0v) is 16.7. The van der Waals surface area contributed by atoms with Gasteiger partial charge in [0.15, 0.2) is 12.0 Å². The highest BCUT2D eigenvalue weighted by atomic mass is 32.2. The summed E-state index contributed by atoms with van der Waals surface area (Å²) in [5, 5.41) is 0. The van der Waals surface area contributed by atoms with E-state index in [2.05, 4.69) is 28.0 Å². The first-order chi connectivity index (χ1) is 13.8. The average Bonchev–Trinajstić information content (AvgIpc) is 2.76. The number of thioether (sulfide) groups is 1. The lowest BCUT2D eigenvalue weighted by molar-refractivity contribution is 0.0872. The van der Waals surface area contributed by atoms with Gasteiger partial charge in [-0.05, 0) is 42.7 Å². The van der Waals surface area contributed by atoms with Gasteiger partial charge < -0.3 is 14.4 Å². The Morgan fingerprint density at radius 2 is 1.82 bits per heavy atom. The van der Waals surface area contributed by atoms with Crippen LogP contribution in [0.3, 0.4) is 0 Å². The number of rotatable bonds is 6. The van der Waals surface area contributed by atoms with Crippen molar-refractivity contribution < 1.29 is 13.9 Å². The van der Waals surface area contributed by atoms with Crippen LogP contribution < -0.4 is 0 Å². The van der Waals surface area contributed by atoms with E-state index in [1.165, 1.54) is 17.7 Å². The minimum absolute atomic E-state index is 0.182. The van der Waals surface area contributed by atoms with Crippen molar-refractivity contribution in [3.05, 3.63) is 78.1 Å². The second kappa shape index (κ2) is 9.34. The molecule has 2 aliphatic heterocycles. The lowest BCUT2D eigenvalue weighted by atomic mass is 10.0. The van der Waals surface area contributed by atoms with Crippen LogP contribution in [0.2, 0.25) is 0 Å². The van der Waals surface area contributed by atoms with Gasteiger partial charge in [-0.2, -0.15) is 0 Å². The molecular weight excluding hydrogens is 375 g/mol. The summed E-state index contributed by atoms with van der Waals surface area (Å²) in [5.74, 6) is 2.42. The summed E-state index contributed by atoms with van der Waals surface area (Å²) in [6.45, 7) is 4.86. The summed E-state index contributed by atoms with van der Waals surface area (Å²) in [6.07, 6.45) is 11.8. The standard InChI is InChI=1S/C22H25FN2O2S/c23-19-6-8-20(9-7-19)28-15-14-24-10-12-25(13-11-24)22-17-26-21(16-27-22)18-4-2-1-3-5-18/h1-2,4,6-9,16-17H,3,5,10-15H2. The second-order valence-corrected chi connectivity index (χ2v) is 8.13. The van der Waals surface area contributed by atoms with Gasteiger partial charge in [0.2, 0.25) is 5.88 Å². The van der Waals surface area contributed by atoms with Crippen molar-refractivity contribution in [2.45, 2.75) is 17.7 Å². The monoisotopic (exact) mass is 400 g/mol. The summed E-state index contributed by atoms with van der Waals surface area (Å²) >= 11 is 1.77. The molecule has 1 aromatic rings. The van der Waals surface area contributed by atoms with E-state index in [1.54, 1.807) is 24.3 Å². The van der Waals surface area contributed by atoms with E-state index in [0.29, 0.717) is 0 Å². The molecule has 3 aliphatic rings. The minimum atomic E-state index is -0.182. The quantitative estimate of drug-likeness (QED) is 0.655. The van der Waals surface area contributed by atoms with E-state index >= 15 is 0 Å². The van der Waals surface area contributed by atoms with Crippen LogP contribution in [0.1, 0.15) is 12.8 Å². The third-order valence-corrected chi connectivity index (χ3v) is 6.07. The first-order valence-corrected chi connectivity index (χ1v) is 10.7. The predicted octanol–water partition coefficient (Wildman–Crippen LogP) is 4.50. The SMILES string of the molecule is Fc1ccc(SCCN2CCN(C3=COC(C4=CC=CCC4)=CO3)CC2)cc1. The number of ether oxygens (including phenoxy) is 2. The maximum atomic E-state index is 13.0. The normalized spacial score (nSPS) is 20.0. The van der Waals surface area contributed by atoms with E-state index in [4.69, 9.17) is 9.47 Å². The van der Waals surface area contributed by atoms with Crippen LogP contribution in [-0.2, 0) is 9.47 Å². The van der Waals surface area contributed by atoms with E-state index < -0.39 is 0 Å². The van der Waals surface area contributed by atoms with Crippen LogP contribution >= 0.6 is 11.8 Å². The van der Waals surface area contributed by atoms with Crippen LogP contribution in [0.5, 0.6) is 0 Å². The molecule has 4 nitrogen and oxygen atoms in total. The van der Waals surface area contributed by atoms with Gasteiger partial charge in [-0.25, -0.2) is 4.39 Å². The van der Waals surface area contributed by atoms with Gasteiger partial charge in [-0.3, -0.25) is 4.90 Å². The van der Waals surface area contributed by atoms with Gasteiger partial charge in [0.05, 0.1) is 0 Å². The molecule has 0 radical (unpaired) electrons. The molecule has 6 heteroatoms. The minimum Gasteiger partial charge on any atom is -0.456 e. The van der Waals surface area contributed by atoms with Crippen molar-refractivity contribution >= 4 is 11.8 Å². The third-order valence-electron chi connectivity index (χ3n) is 5.08. The topological polar surface area (TPSA) is 24.9 Å². The molecule has 4 rings (SSSR count). The fraction of sp³-hybridized carbons (Fsp3) is 0.364. The molecule has 0 saturated carbocycles. The van der Waals surface area contributed by atoms with E-state index in [-0.39, 0.29) is 5.82 Å². The summed E-state index contributed by atoms with van der Waals surface area (Å²) in [5.41, 5.74) is 1.18. The molecule has 0 atom stereocenters. The second-order valence-electron chi connectivity index (χ2n) is 6.96. The molecule has 0 spiro atoms. The van der Waals surface area contributed by atoms with Crippen LogP contribution in [0.4, 0.5) is 4.39 Å². The van der Waals surface area contributed by atoms with E-state index in [9.17, 15) is 4.39 Å². The zero-order valence-electron chi connectivity index (χ0n) is 15.9. The van der Waals surface area contributed by atoms with Crippen molar-refractivity contribution in [3.8, 4) is 0 Å². The highest BCUT2D eigenvalue weighted by molar-refractivity contribution is 7.99. The number of hydrogen-bond donors (Lipinski definition) is 0. The Hall–Kier alpha value is -2.18. The predicted molar refractivity (Wildman–Crippen MR) is 110 cm³/mol. The van der Waals surface area contributed by atoms with Crippen LogP contribution in [0, 0.1) is 5.82 Å². The Bertz CT molecular complexity index is 793. The molecule has 2 heterocycles. The molecule has 1 aromatic carbocycles. The molecule has 28 heavy (non-hydrogen) atoms.